The van der Waals surface area contributed by atoms with Crippen LogP contribution in [0.15, 0.2) is 261 Å². The molecule has 0 saturated carbocycles. The monoisotopic (exact) mass is 1290 g/mol. The molecule has 0 spiro atoms. The van der Waals surface area contributed by atoms with Crippen molar-refractivity contribution in [3.63, 3.8) is 0 Å². The molecule has 0 radical (unpaired) electrons. The van der Waals surface area contributed by atoms with Gasteiger partial charge in [0.05, 0.1) is 0 Å². The molecule has 4 aliphatic rings. The molecule has 0 N–H and O–H groups in total. The van der Waals surface area contributed by atoms with Crippen LogP contribution in [0.25, 0.3) is 144 Å². The first-order valence-corrected chi connectivity index (χ1v) is 31.1. The van der Waals surface area contributed by atoms with Gasteiger partial charge in [-0.25, -0.2) is 0 Å². The van der Waals surface area contributed by atoms with Crippen LogP contribution in [0.5, 0.6) is 0 Å². The van der Waals surface area contributed by atoms with Gasteiger partial charge in [0.2, 0.25) is 13.4 Å². The molecule has 18 rings (SSSR count). The van der Waals surface area contributed by atoms with Crippen LogP contribution in [0, 0.1) is 0 Å². The first-order chi connectivity index (χ1) is 40.3. The zero-order chi connectivity index (χ0) is 54.2. The Hall–Kier alpha value is -7.83. The molecule has 14 aromatic carbocycles. The maximum atomic E-state index is 4.14. The molecule has 0 atom stereocenters. The summed E-state index contributed by atoms with van der Waals surface area (Å²) in [5, 5.41) is 7.88. The summed E-state index contributed by atoms with van der Waals surface area (Å²) in [6.07, 6.45) is 0. The quantitative estimate of drug-likeness (QED) is 0.115. The average molecular weight is 1290 g/mol. The molecule has 0 nitrogen and oxygen atoms in total. The average Bonchev–Trinajstić information content (AvgIpc) is 1.49. The zero-order valence-electron chi connectivity index (χ0n) is 43.8. The molecule has 0 unspecified atom stereocenters. The Morgan fingerprint density at radius 1 is 0.207 bits per heavy atom. The Bertz CT molecular complexity index is 4700. The van der Waals surface area contributed by atoms with E-state index in [1.807, 2.05) is 0 Å². The van der Waals surface area contributed by atoms with Gasteiger partial charge in [0, 0.05) is 17.9 Å². The number of fused-ring (bicyclic) bond motifs is 10. The van der Waals surface area contributed by atoms with Crippen molar-refractivity contribution in [2.45, 2.75) is 0 Å². The van der Waals surface area contributed by atoms with E-state index in [0.717, 1.165) is 17.9 Å². The molecule has 0 aliphatic carbocycles. The molecule has 378 valence electrons. The van der Waals surface area contributed by atoms with Crippen molar-refractivity contribution < 1.29 is 0 Å². The highest BCUT2D eigenvalue weighted by molar-refractivity contribution is 9.11. The lowest BCUT2D eigenvalue weighted by molar-refractivity contribution is 1.57. The second-order valence-corrected chi connectivity index (χ2v) is 26.2. The predicted octanol–water partition coefficient (Wildman–Crippen LogP) is 18.6. The van der Waals surface area contributed by atoms with Gasteiger partial charge in [-0.15, -0.1) is 0 Å². The Morgan fingerprint density at radius 3 is 0.866 bits per heavy atom. The Balaban J connectivity index is 1.11. The molecule has 14 aromatic rings. The predicted molar refractivity (Wildman–Crippen MR) is 365 cm³/mol. The van der Waals surface area contributed by atoms with Gasteiger partial charge in [-0.2, -0.15) is 0 Å². The van der Waals surface area contributed by atoms with E-state index in [0.29, 0.717) is 0 Å². The summed E-state index contributed by atoms with van der Waals surface area (Å²) in [5.74, 6) is 0. The van der Waals surface area contributed by atoms with Crippen LogP contribution < -0.4 is 32.8 Å². The normalized spacial score (nSPS) is 12.8. The molecule has 0 bridgehead atoms. The van der Waals surface area contributed by atoms with Crippen molar-refractivity contribution in [2.24, 2.45) is 0 Å². The van der Waals surface area contributed by atoms with Gasteiger partial charge in [0.1, 0.15) is 0 Å². The van der Waals surface area contributed by atoms with Crippen LogP contribution in [0.1, 0.15) is 0 Å². The van der Waals surface area contributed by atoms with Gasteiger partial charge in [0.25, 0.3) is 0 Å². The second-order valence-electron chi connectivity index (χ2n) is 22.5. The smallest absolute Gasteiger partial charge is 0.0652 e. The fourth-order valence-corrected chi connectivity index (χ4v) is 17.1. The summed E-state index contributed by atoms with van der Waals surface area (Å²) < 4.78 is 4.32. The summed E-state index contributed by atoms with van der Waals surface area (Å²) >= 11 is 16.2. The van der Waals surface area contributed by atoms with Crippen molar-refractivity contribution in [1.29, 1.82) is 0 Å². The van der Waals surface area contributed by atoms with Crippen molar-refractivity contribution in [3.8, 4) is 111 Å². The van der Waals surface area contributed by atoms with E-state index in [4.69, 9.17) is 0 Å². The lowest BCUT2D eigenvalue weighted by atomic mass is 9.34. The van der Waals surface area contributed by atoms with Gasteiger partial charge in [0.15, 0.2) is 0 Å². The van der Waals surface area contributed by atoms with Gasteiger partial charge < -0.3 is 0 Å². The molecular formula is C76H40B2Br4. The minimum absolute atomic E-state index is 0.0000928. The minimum Gasteiger partial charge on any atom is -0.0652 e. The third-order valence-corrected chi connectivity index (χ3v) is 20.4. The van der Waals surface area contributed by atoms with Crippen molar-refractivity contribution in [3.05, 3.63) is 261 Å². The van der Waals surface area contributed by atoms with Crippen molar-refractivity contribution in [2.75, 3.05) is 0 Å². The fraction of sp³-hybridized carbons (Fsp3) is 0. The van der Waals surface area contributed by atoms with E-state index in [9.17, 15) is 0 Å². The first-order valence-electron chi connectivity index (χ1n) is 28.0. The van der Waals surface area contributed by atoms with E-state index >= 15 is 0 Å². The molecular weight excluding hydrogens is 1250 g/mol. The molecule has 0 fully saturated rings. The third-order valence-electron chi connectivity index (χ3n) is 18.5. The van der Waals surface area contributed by atoms with Gasteiger partial charge in [-0.3, -0.25) is 0 Å². The van der Waals surface area contributed by atoms with Crippen LogP contribution in [-0.2, 0) is 0 Å². The summed E-state index contributed by atoms with van der Waals surface area (Å²) in [7, 11) is 0. The van der Waals surface area contributed by atoms with E-state index < -0.39 is 0 Å². The Kier molecular flexibility index (Phi) is 10.4. The SMILES string of the molecule is Brc1ccc2c(c1)-c1cc(Br)cc3c1B2c1cc2c(-c4c(-c5ccccc5)cccc4-c4ccccc4)cc4c5c(cc6c(-c7c(-c8ccccc8)cccc7-c7ccccc7)cc-3c1c6c25)B1c2ccc(Br)cc2-c2cc(Br)cc-4c21. The lowest BCUT2D eigenvalue weighted by Crippen LogP contribution is -2.53. The molecule has 0 amide bonds. The highest BCUT2D eigenvalue weighted by atomic mass is 79.9. The zero-order valence-corrected chi connectivity index (χ0v) is 50.1. The van der Waals surface area contributed by atoms with Crippen LogP contribution in [0.2, 0.25) is 0 Å². The first kappa shape index (κ1) is 47.8. The number of hydrogen-bond donors (Lipinski definition) is 0. The summed E-state index contributed by atoms with van der Waals surface area (Å²) in [5.41, 5.74) is 33.0. The third kappa shape index (κ3) is 6.67. The van der Waals surface area contributed by atoms with Crippen LogP contribution in [0.4, 0.5) is 0 Å². The standard InChI is InChI=1S/C76H40B2Br4/c79-45-27-29-65-54(32-45)62-34-48(82)36-64-58-38-56(70-51(43-19-9-3-10-20-43)25-14-26-52(70)44-21-11-4-12-22-44)60-40-68-71-57(63-35-47(81)33-61-53-31-46(80)28-30-66(53)78(68)75(61)63)37-55(59-39-67(77(65)76(62)64)72(58)74(60)73(59)71)69-49(41-15-5-1-6-16-41)23-13-24-50(69)42-17-7-2-8-18-42/h1-40H. The second kappa shape index (κ2) is 17.8. The number of hydrogen-bond acceptors (Lipinski definition) is 0. The molecule has 0 aromatic heterocycles. The number of halogens is 4. The topological polar surface area (TPSA) is 0 Å². The maximum Gasteiger partial charge on any atom is 0.244 e. The van der Waals surface area contributed by atoms with Crippen LogP contribution in [-0.4, -0.2) is 13.4 Å². The molecule has 4 aliphatic heterocycles. The van der Waals surface area contributed by atoms with E-state index in [1.54, 1.807) is 0 Å². The molecule has 4 heterocycles. The summed E-state index contributed by atoms with van der Waals surface area (Å²) in [6.45, 7) is -0.000186. The number of rotatable bonds is 6. The fourth-order valence-electron chi connectivity index (χ4n) is 15.4. The van der Waals surface area contributed by atoms with E-state index in [-0.39, 0.29) is 13.4 Å². The molecule has 6 heteroatoms. The Labute approximate surface area is 509 Å². The highest BCUT2D eigenvalue weighted by Crippen LogP contribution is 2.55. The van der Waals surface area contributed by atoms with Crippen LogP contribution >= 0.6 is 63.7 Å². The Morgan fingerprint density at radius 2 is 0.524 bits per heavy atom. The lowest BCUT2D eigenvalue weighted by Gasteiger charge is -2.33. The van der Waals surface area contributed by atoms with Gasteiger partial charge in [-0.05, 0) is 204 Å². The van der Waals surface area contributed by atoms with E-state index in [2.05, 4.69) is 306 Å². The maximum absolute atomic E-state index is 4.14. The minimum atomic E-state index is -0.0000928. The van der Waals surface area contributed by atoms with E-state index in [1.165, 1.54) is 176 Å². The van der Waals surface area contributed by atoms with Crippen molar-refractivity contribution in [1.82, 2.24) is 0 Å². The molecule has 82 heavy (non-hydrogen) atoms. The van der Waals surface area contributed by atoms with Crippen molar-refractivity contribution >= 4 is 142 Å². The van der Waals surface area contributed by atoms with Crippen LogP contribution in [0.3, 0.4) is 0 Å². The number of benzene rings is 14. The highest BCUT2D eigenvalue weighted by Gasteiger charge is 2.45. The summed E-state index contributed by atoms with van der Waals surface area (Å²) in [4.78, 5) is 0. The summed E-state index contributed by atoms with van der Waals surface area (Å²) in [6, 6.07) is 92.3. The van der Waals surface area contributed by atoms with Gasteiger partial charge in [-0.1, -0.05) is 278 Å². The van der Waals surface area contributed by atoms with Gasteiger partial charge >= 0.3 is 0 Å². The molecule has 0 saturated heterocycles. The largest absolute Gasteiger partial charge is 0.244 e.